The molecule has 1 aromatic carbocycles. The van der Waals surface area contributed by atoms with Gasteiger partial charge in [-0.15, -0.1) is 0 Å². The van der Waals surface area contributed by atoms with E-state index in [-0.39, 0.29) is 5.41 Å². The molecule has 5 rings (SSSR count). The lowest BCUT2D eigenvalue weighted by Crippen LogP contribution is -2.45. The summed E-state index contributed by atoms with van der Waals surface area (Å²) in [4.78, 5) is 22.6. The van der Waals surface area contributed by atoms with Crippen molar-refractivity contribution in [2.75, 3.05) is 29.9 Å². The number of amides is 1. The molecule has 1 atom stereocenters. The summed E-state index contributed by atoms with van der Waals surface area (Å²) in [6.07, 6.45) is 5.02. The quantitative estimate of drug-likeness (QED) is 0.742. The third-order valence-electron chi connectivity index (χ3n) is 7.00. The van der Waals surface area contributed by atoms with E-state index in [1.54, 1.807) is 6.33 Å². The minimum absolute atomic E-state index is 0.0599. The number of aromatic nitrogens is 2. The van der Waals surface area contributed by atoms with Crippen LogP contribution in [0.1, 0.15) is 54.5 Å². The van der Waals surface area contributed by atoms with Gasteiger partial charge in [0, 0.05) is 48.5 Å². The van der Waals surface area contributed by atoms with Crippen molar-refractivity contribution in [3.8, 4) is 0 Å². The first-order valence-electron chi connectivity index (χ1n) is 10.5. The standard InChI is InChI=1S/C22H27N5O2/c1-14-5-6-16-18(14)20(26-13-25-16)27-9-7-22(8-10-27)12-24-17-4-2-3-15(19(17)22)11-23-21(28)29/h2-4,13-14,23-24H,5-12H2,1H3,(H,28,29). The zero-order valence-corrected chi connectivity index (χ0v) is 16.7. The summed E-state index contributed by atoms with van der Waals surface area (Å²) in [6.45, 7) is 5.46. The highest BCUT2D eigenvalue weighted by atomic mass is 16.4. The van der Waals surface area contributed by atoms with Gasteiger partial charge in [-0.2, -0.15) is 0 Å². The van der Waals surface area contributed by atoms with Crippen molar-refractivity contribution < 1.29 is 9.90 Å². The lowest BCUT2D eigenvalue weighted by molar-refractivity contribution is 0.194. The number of rotatable bonds is 3. The van der Waals surface area contributed by atoms with Crippen molar-refractivity contribution in [1.82, 2.24) is 15.3 Å². The number of hydrogen-bond donors (Lipinski definition) is 3. The molecule has 0 radical (unpaired) electrons. The maximum atomic E-state index is 11.0. The molecule has 2 aliphatic heterocycles. The molecule has 1 fully saturated rings. The van der Waals surface area contributed by atoms with Crippen LogP contribution in [-0.4, -0.2) is 40.8 Å². The van der Waals surface area contributed by atoms with Crippen LogP contribution < -0.4 is 15.5 Å². The lowest BCUT2D eigenvalue weighted by Gasteiger charge is -2.41. The Morgan fingerprint density at radius 3 is 2.97 bits per heavy atom. The fourth-order valence-corrected chi connectivity index (χ4v) is 5.49. The number of benzene rings is 1. The van der Waals surface area contributed by atoms with Crippen molar-refractivity contribution in [2.45, 2.75) is 50.5 Å². The van der Waals surface area contributed by atoms with E-state index in [9.17, 15) is 4.79 Å². The Morgan fingerprint density at radius 2 is 2.17 bits per heavy atom. The molecule has 1 unspecified atom stereocenters. The number of nitrogens with zero attached hydrogens (tertiary/aromatic N) is 3. The van der Waals surface area contributed by atoms with Gasteiger partial charge < -0.3 is 20.6 Å². The second-order valence-electron chi connectivity index (χ2n) is 8.62. The SMILES string of the molecule is CC1CCc2ncnc(N3CCC4(CC3)CNc3cccc(CNC(=O)O)c34)c21. The van der Waals surface area contributed by atoms with Crippen LogP contribution in [0.5, 0.6) is 0 Å². The molecule has 0 saturated carbocycles. The van der Waals surface area contributed by atoms with Gasteiger partial charge in [0.2, 0.25) is 0 Å². The van der Waals surface area contributed by atoms with Gasteiger partial charge in [0.05, 0.1) is 0 Å². The van der Waals surface area contributed by atoms with E-state index in [0.29, 0.717) is 12.5 Å². The van der Waals surface area contributed by atoms with Gasteiger partial charge in [-0.05, 0) is 48.8 Å². The second-order valence-corrected chi connectivity index (χ2v) is 8.62. The van der Waals surface area contributed by atoms with Crippen LogP contribution in [0.3, 0.4) is 0 Å². The number of aryl methyl sites for hydroxylation is 1. The third kappa shape index (κ3) is 2.99. The van der Waals surface area contributed by atoms with E-state index < -0.39 is 6.09 Å². The summed E-state index contributed by atoms with van der Waals surface area (Å²) in [5.41, 5.74) is 6.16. The second kappa shape index (κ2) is 6.90. The molecular weight excluding hydrogens is 366 g/mol. The third-order valence-corrected chi connectivity index (χ3v) is 7.00. The fraction of sp³-hybridized carbons (Fsp3) is 0.500. The van der Waals surface area contributed by atoms with Crippen molar-refractivity contribution >= 4 is 17.6 Å². The number of carboxylic acid groups (broad SMARTS) is 1. The van der Waals surface area contributed by atoms with E-state index in [1.165, 1.54) is 16.8 Å². The van der Waals surface area contributed by atoms with E-state index >= 15 is 0 Å². The lowest BCUT2D eigenvalue weighted by atomic mass is 9.72. The number of fused-ring (bicyclic) bond motifs is 3. The highest BCUT2D eigenvalue weighted by Gasteiger charge is 2.43. The predicted molar refractivity (Wildman–Crippen MR) is 112 cm³/mol. The molecule has 7 nitrogen and oxygen atoms in total. The molecule has 3 aliphatic rings. The molecule has 1 amide bonds. The van der Waals surface area contributed by atoms with Crippen LogP contribution in [0.2, 0.25) is 0 Å². The van der Waals surface area contributed by atoms with E-state index in [4.69, 9.17) is 5.11 Å². The summed E-state index contributed by atoms with van der Waals surface area (Å²) in [6, 6.07) is 6.17. The Balaban J connectivity index is 1.40. The summed E-state index contributed by atoms with van der Waals surface area (Å²) < 4.78 is 0. The van der Waals surface area contributed by atoms with Gasteiger partial charge in [-0.25, -0.2) is 14.8 Å². The van der Waals surface area contributed by atoms with Crippen LogP contribution >= 0.6 is 0 Å². The van der Waals surface area contributed by atoms with E-state index in [0.717, 1.165) is 62.4 Å². The van der Waals surface area contributed by atoms with Crippen molar-refractivity contribution in [2.24, 2.45) is 0 Å². The zero-order valence-electron chi connectivity index (χ0n) is 16.7. The molecule has 1 spiro atoms. The first-order valence-corrected chi connectivity index (χ1v) is 10.5. The van der Waals surface area contributed by atoms with Gasteiger partial charge in [0.1, 0.15) is 12.1 Å². The van der Waals surface area contributed by atoms with Crippen molar-refractivity contribution in [3.05, 3.63) is 46.9 Å². The Morgan fingerprint density at radius 1 is 1.34 bits per heavy atom. The monoisotopic (exact) mass is 393 g/mol. The summed E-state index contributed by atoms with van der Waals surface area (Å²) in [5, 5.41) is 15.2. The molecule has 152 valence electrons. The van der Waals surface area contributed by atoms with E-state index in [1.807, 2.05) is 6.07 Å². The minimum atomic E-state index is -0.982. The Labute approximate surface area is 170 Å². The molecule has 7 heteroatoms. The Bertz CT molecular complexity index is 952. The average Bonchev–Trinajstić information content (AvgIpc) is 3.29. The number of nitrogens with one attached hydrogen (secondary N) is 2. The topological polar surface area (TPSA) is 90.4 Å². The number of carbonyl (C=O) groups is 1. The summed E-state index contributed by atoms with van der Waals surface area (Å²) in [5.74, 6) is 1.65. The Kier molecular flexibility index (Phi) is 4.33. The largest absolute Gasteiger partial charge is 0.465 e. The van der Waals surface area contributed by atoms with Crippen molar-refractivity contribution in [1.29, 1.82) is 0 Å². The average molecular weight is 393 g/mol. The number of anilines is 2. The highest BCUT2D eigenvalue weighted by Crippen LogP contribution is 2.47. The normalized spacial score (nSPS) is 21.6. The zero-order chi connectivity index (χ0) is 20.0. The Hall–Kier alpha value is -2.83. The van der Waals surface area contributed by atoms with Gasteiger partial charge >= 0.3 is 6.09 Å². The minimum Gasteiger partial charge on any atom is -0.465 e. The van der Waals surface area contributed by atoms with Crippen LogP contribution in [0.25, 0.3) is 0 Å². The maximum absolute atomic E-state index is 11.0. The molecular formula is C22H27N5O2. The summed E-state index contributed by atoms with van der Waals surface area (Å²) in [7, 11) is 0. The molecule has 1 aromatic heterocycles. The van der Waals surface area contributed by atoms with Crippen LogP contribution in [-0.2, 0) is 18.4 Å². The van der Waals surface area contributed by atoms with E-state index in [2.05, 4.69) is 44.6 Å². The maximum Gasteiger partial charge on any atom is 0.404 e. The first-order chi connectivity index (χ1) is 14.1. The number of hydrogen-bond acceptors (Lipinski definition) is 5. The predicted octanol–water partition coefficient (Wildman–Crippen LogP) is 3.26. The molecule has 0 bridgehead atoms. The first kappa shape index (κ1) is 18.2. The molecule has 3 heterocycles. The molecule has 3 N–H and O–H groups in total. The molecule has 29 heavy (non-hydrogen) atoms. The van der Waals surface area contributed by atoms with Gasteiger partial charge in [-0.3, -0.25) is 0 Å². The van der Waals surface area contributed by atoms with Crippen LogP contribution in [0.15, 0.2) is 24.5 Å². The molecule has 1 saturated heterocycles. The van der Waals surface area contributed by atoms with Gasteiger partial charge in [-0.1, -0.05) is 19.1 Å². The highest BCUT2D eigenvalue weighted by molar-refractivity contribution is 5.67. The van der Waals surface area contributed by atoms with Crippen LogP contribution in [0, 0.1) is 0 Å². The summed E-state index contributed by atoms with van der Waals surface area (Å²) >= 11 is 0. The molecule has 1 aliphatic carbocycles. The smallest absolute Gasteiger partial charge is 0.404 e. The number of piperidine rings is 1. The van der Waals surface area contributed by atoms with Crippen LogP contribution in [0.4, 0.5) is 16.3 Å². The van der Waals surface area contributed by atoms with Crippen molar-refractivity contribution in [3.63, 3.8) is 0 Å². The van der Waals surface area contributed by atoms with Gasteiger partial charge in [0.15, 0.2) is 0 Å². The fourth-order valence-electron chi connectivity index (χ4n) is 5.49. The molecule has 2 aromatic rings. The van der Waals surface area contributed by atoms with Gasteiger partial charge in [0.25, 0.3) is 0 Å².